The number of hydrogen-bond acceptors (Lipinski definition) is 4. The van der Waals surface area contributed by atoms with Crippen LogP contribution in [0.25, 0.3) is 5.69 Å². The van der Waals surface area contributed by atoms with Gasteiger partial charge in [-0.1, -0.05) is 12.1 Å². The average Bonchev–Trinajstić information content (AvgIpc) is 3.27. The molecule has 0 bridgehead atoms. The Labute approximate surface area is 197 Å². The van der Waals surface area contributed by atoms with Crippen molar-refractivity contribution in [1.82, 2.24) is 25.3 Å². The van der Waals surface area contributed by atoms with Gasteiger partial charge in [-0.25, -0.2) is 4.68 Å². The van der Waals surface area contributed by atoms with Gasteiger partial charge in [-0.3, -0.25) is 9.89 Å². The molecule has 0 radical (unpaired) electrons. The molecule has 0 spiro atoms. The third-order valence-electron chi connectivity index (χ3n) is 5.34. The molecule has 2 N–H and O–H groups in total. The van der Waals surface area contributed by atoms with Crippen molar-refractivity contribution < 1.29 is 4.74 Å². The zero-order valence-corrected chi connectivity index (χ0v) is 20.7. The second kappa shape index (κ2) is 12.3. The Morgan fingerprint density at radius 1 is 1.33 bits per heavy atom. The number of rotatable bonds is 7. The quantitative estimate of drug-likeness (QED) is 0.330. The van der Waals surface area contributed by atoms with Gasteiger partial charge in [0.25, 0.3) is 0 Å². The van der Waals surface area contributed by atoms with Crippen LogP contribution in [-0.4, -0.2) is 65.6 Å². The second-order valence-corrected chi connectivity index (χ2v) is 7.64. The van der Waals surface area contributed by atoms with E-state index < -0.39 is 0 Å². The number of nitrogens with one attached hydrogen (secondary N) is 2. The molecule has 3 unspecified atom stereocenters. The Morgan fingerprint density at radius 2 is 2.17 bits per heavy atom. The predicted molar refractivity (Wildman–Crippen MR) is 133 cm³/mol. The number of hydrogen-bond donors (Lipinski definition) is 2. The number of guanidine groups is 1. The van der Waals surface area contributed by atoms with E-state index in [1.54, 1.807) is 6.20 Å². The van der Waals surface area contributed by atoms with Crippen LogP contribution >= 0.6 is 24.0 Å². The van der Waals surface area contributed by atoms with Crippen LogP contribution in [0, 0.1) is 0 Å². The fourth-order valence-electron chi connectivity index (χ4n) is 3.69. The van der Waals surface area contributed by atoms with Crippen molar-refractivity contribution in [2.45, 2.75) is 45.8 Å². The molecular formula is C22H35IN6O. The number of benzene rings is 1. The number of aliphatic imine (C=N–C) groups is 1. The SMILES string of the molecule is CCNC(=NCC(C)N1CCOCC1C)NC(C)c1cccc(-n2cccn2)c1.I. The summed E-state index contributed by atoms with van der Waals surface area (Å²) >= 11 is 0. The topological polar surface area (TPSA) is 66.7 Å². The molecule has 30 heavy (non-hydrogen) atoms. The minimum atomic E-state index is 0. The lowest BCUT2D eigenvalue weighted by Gasteiger charge is -2.37. The van der Waals surface area contributed by atoms with Crippen molar-refractivity contribution in [3.63, 3.8) is 0 Å². The molecule has 8 heteroatoms. The summed E-state index contributed by atoms with van der Waals surface area (Å²) in [5, 5.41) is 11.2. The maximum absolute atomic E-state index is 5.56. The summed E-state index contributed by atoms with van der Waals surface area (Å²) in [7, 11) is 0. The van der Waals surface area contributed by atoms with Crippen molar-refractivity contribution in [2.24, 2.45) is 4.99 Å². The summed E-state index contributed by atoms with van der Waals surface area (Å²) in [6.45, 7) is 12.9. The molecule has 3 atom stereocenters. The van der Waals surface area contributed by atoms with Crippen LogP contribution in [0.1, 0.15) is 39.3 Å². The number of ether oxygens (including phenoxy) is 1. The summed E-state index contributed by atoms with van der Waals surface area (Å²) in [6, 6.07) is 11.3. The van der Waals surface area contributed by atoms with Gasteiger partial charge in [-0.15, -0.1) is 24.0 Å². The Morgan fingerprint density at radius 3 is 2.87 bits per heavy atom. The van der Waals surface area contributed by atoms with E-state index in [9.17, 15) is 0 Å². The highest BCUT2D eigenvalue weighted by Crippen LogP contribution is 2.16. The molecule has 0 aliphatic carbocycles. The predicted octanol–water partition coefficient (Wildman–Crippen LogP) is 3.22. The van der Waals surface area contributed by atoms with E-state index in [0.29, 0.717) is 12.1 Å². The van der Waals surface area contributed by atoms with Crippen LogP contribution in [0.3, 0.4) is 0 Å². The minimum Gasteiger partial charge on any atom is -0.379 e. The van der Waals surface area contributed by atoms with Gasteiger partial charge in [-0.2, -0.15) is 5.10 Å². The highest BCUT2D eigenvalue weighted by atomic mass is 127. The normalized spacial score (nSPS) is 19.6. The van der Waals surface area contributed by atoms with E-state index in [2.05, 4.69) is 72.6 Å². The molecule has 1 aromatic carbocycles. The molecule has 1 aliphatic heterocycles. The van der Waals surface area contributed by atoms with Crippen molar-refractivity contribution in [2.75, 3.05) is 32.8 Å². The molecule has 0 amide bonds. The fourth-order valence-corrected chi connectivity index (χ4v) is 3.69. The summed E-state index contributed by atoms with van der Waals surface area (Å²) < 4.78 is 7.43. The van der Waals surface area contributed by atoms with E-state index in [0.717, 1.165) is 44.5 Å². The number of halogens is 1. The monoisotopic (exact) mass is 526 g/mol. The second-order valence-electron chi connectivity index (χ2n) is 7.64. The molecule has 0 saturated carbocycles. The molecule has 1 fully saturated rings. The van der Waals surface area contributed by atoms with Crippen LogP contribution in [0.4, 0.5) is 0 Å². The summed E-state index contributed by atoms with van der Waals surface area (Å²) in [6.07, 6.45) is 3.75. The van der Waals surface area contributed by atoms with Crippen LogP contribution in [0.5, 0.6) is 0 Å². The molecular weight excluding hydrogens is 491 g/mol. The van der Waals surface area contributed by atoms with E-state index in [4.69, 9.17) is 9.73 Å². The molecule has 1 aromatic heterocycles. The van der Waals surface area contributed by atoms with Crippen LogP contribution in [0.2, 0.25) is 0 Å². The molecule has 3 rings (SSSR count). The zero-order valence-electron chi connectivity index (χ0n) is 18.4. The number of morpholine rings is 1. The van der Waals surface area contributed by atoms with Gasteiger partial charge in [0, 0.05) is 37.6 Å². The molecule has 1 saturated heterocycles. The number of aromatic nitrogens is 2. The van der Waals surface area contributed by atoms with Gasteiger partial charge in [0.05, 0.1) is 31.5 Å². The van der Waals surface area contributed by atoms with E-state index in [1.807, 2.05) is 16.9 Å². The molecule has 2 heterocycles. The Balaban J connectivity index is 0.00000320. The first-order valence-corrected chi connectivity index (χ1v) is 10.6. The van der Waals surface area contributed by atoms with Crippen molar-refractivity contribution in [3.8, 4) is 5.69 Å². The first-order valence-electron chi connectivity index (χ1n) is 10.6. The lowest BCUT2D eigenvalue weighted by molar-refractivity contribution is -0.0165. The van der Waals surface area contributed by atoms with Crippen LogP contribution in [0.15, 0.2) is 47.7 Å². The van der Waals surface area contributed by atoms with E-state index in [1.165, 1.54) is 5.56 Å². The van der Waals surface area contributed by atoms with Gasteiger partial charge >= 0.3 is 0 Å². The highest BCUT2D eigenvalue weighted by molar-refractivity contribution is 14.0. The van der Waals surface area contributed by atoms with E-state index in [-0.39, 0.29) is 30.0 Å². The fraction of sp³-hybridized carbons (Fsp3) is 0.545. The smallest absolute Gasteiger partial charge is 0.191 e. The van der Waals surface area contributed by atoms with Gasteiger partial charge in [-0.05, 0) is 51.5 Å². The molecule has 1 aliphatic rings. The third kappa shape index (κ3) is 6.68. The molecule has 7 nitrogen and oxygen atoms in total. The van der Waals surface area contributed by atoms with Crippen molar-refractivity contribution in [3.05, 3.63) is 48.3 Å². The Kier molecular flexibility index (Phi) is 10.1. The summed E-state index contributed by atoms with van der Waals surface area (Å²) in [5.41, 5.74) is 2.25. The maximum Gasteiger partial charge on any atom is 0.191 e. The number of nitrogens with zero attached hydrogens (tertiary/aromatic N) is 4. The maximum atomic E-state index is 5.56. The van der Waals surface area contributed by atoms with Gasteiger partial charge in [0.15, 0.2) is 5.96 Å². The summed E-state index contributed by atoms with van der Waals surface area (Å²) in [5.74, 6) is 0.845. The Bertz CT molecular complexity index is 782. The van der Waals surface area contributed by atoms with Crippen molar-refractivity contribution >= 4 is 29.9 Å². The van der Waals surface area contributed by atoms with Crippen LogP contribution < -0.4 is 10.6 Å². The molecule has 2 aromatic rings. The minimum absolute atomic E-state index is 0. The first-order chi connectivity index (χ1) is 14.1. The Hall–Kier alpha value is -1.65. The van der Waals surface area contributed by atoms with Gasteiger partial charge < -0.3 is 15.4 Å². The van der Waals surface area contributed by atoms with E-state index >= 15 is 0 Å². The molecule has 166 valence electrons. The average molecular weight is 526 g/mol. The third-order valence-corrected chi connectivity index (χ3v) is 5.34. The van der Waals surface area contributed by atoms with Gasteiger partial charge in [0.2, 0.25) is 0 Å². The van der Waals surface area contributed by atoms with Crippen molar-refractivity contribution in [1.29, 1.82) is 0 Å². The van der Waals surface area contributed by atoms with Gasteiger partial charge in [0.1, 0.15) is 0 Å². The highest BCUT2D eigenvalue weighted by Gasteiger charge is 2.23. The van der Waals surface area contributed by atoms with Crippen LogP contribution in [-0.2, 0) is 4.74 Å². The lowest BCUT2D eigenvalue weighted by Crippen LogP contribution is -2.49. The first kappa shape index (κ1) is 24.6. The summed E-state index contributed by atoms with van der Waals surface area (Å²) in [4.78, 5) is 7.33. The standard InChI is InChI=1S/C22H34N6O.HI/c1-5-23-22(24-15-17(2)27-12-13-29-16-18(27)3)26-19(4)20-8-6-9-21(14-20)28-11-7-10-25-28;/h6-11,14,17-19H,5,12-13,15-16H2,1-4H3,(H2,23,24,26);1H. The zero-order chi connectivity index (χ0) is 20.6. The largest absolute Gasteiger partial charge is 0.379 e. The lowest BCUT2D eigenvalue weighted by atomic mass is 10.1.